The molecule has 0 aliphatic heterocycles. The number of aromatic carboxylic acids is 1. The van der Waals surface area contributed by atoms with Gasteiger partial charge in [0.2, 0.25) is 0 Å². The van der Waals surface area contributed by atoms with E-state index in [4.69, 9.17) is 0 Å². The molecule has 0 atom stereocenters. The maximum Gasteiger partial charge on any atom is 0.337 e. The highest BCUT2D eigenvalue weighted by atomic mass is 79.9. The van der Waals surface area contributed by atoms with Crippen LogP contribution < -0.4 is 5.32 Å². The second-order valence-corrected chi connectivity index (χ2v) is 5.26. The number of anilines is 1. The van der Waals surface area contributed by atoms with Crippen molar-refractivity contribution in [2.24, 2.45) is 0 Å². The quantitative estimate of drug-likeness (QED) is 0.888. The van der Waals surface area contributed by atoms with Gasteiger partial charge in [0.15, 0.2) is 0 Å². The third kappa shape index (κ3) is 3.25. The SMILES string of the molecule is Cc1cc(C(=O)Nc2c(Br)cccc2C(=O)O)c(C)nn1. The van der Waals surface area contributed by atoms with E-state index in [0.717, 1.165) is 0 Å². The molecule has 6 nitrogen and oxygen atoms in total. The zero-order valence-electron chi connectivity index (χ0n) is 11.3. The fourth-order valence-electron chi connectivity index (χ4n) is 1.79. The van der Waals surface area contributed by atoms with E-state index in [0.29, 0.717) is 21.4 Å². The lowest BCUT2D eigenvalue weighted by atomic mass is 10.1. The molecule has 0 spiro atoms. The van der Waals surface area contributed by atoms with Crippen LogP contribution in [0.25, 0.3) is 0 Å². The van der Waals surface area contributed by atoms with Crippen molar-refractivity contribution in [3.63, 3.8) is 0 Å². The van der Waals surface area contributed by atoms with Crippen LogP contribution in [0.5, 0.6) is 0 Å². The second kappa shape index (κ2) is 6.01. The van der Waals surface area contributed by atoms with E-state index in [9.17, 15) is 14.7 Å². The minimum Gasteiger partial charge on any atom is -0.478 e. The van der Waals surface area contributed by atoms with Crippen LogP contribution in [0.15, 0.2) is 28.7 Å². The molecule has 1 amide bonds. The molecule has 0 unspecified atom stereocenters. The maximum atomic E-state index is 12.3. The van der Waals surface area contributed by atoms with Crippen LogP contribution in [-0.4, -0.2) is 27.2 Å². The molecule has 2 N–H and O–H groups in total. The lowest BCUT2D eigenvalue weighted by molar-refractivity contribution is 0.0698. The summed E-state index contributed by atoms with van der Waals surface area (Å²) in [5.41, 5.74) is 1.66. The summed E-state index contributed by atoms with van der Waals surface area (Å²) in [6.07, 6.45) is 0. The monoisotopic (exact) mass is 349 g/mol. The van der Waals surface area contributed by atoms with Gasteiger partial charge >= 0.3 is 5.97 Å². The number of hydrogen-bond acceptors (Lipinski definition) is 4. The first kappa shape index (κ1) is 15.1. The lowest BCUT2D eigenvalue weighted by Crippen LogP contribution is -2.17. The number of benzene rings is 1. The van der Waals surface area contributed by atoms with E-state index in [1.165, 1.54) is 6.07 Å². The second-order valence-electron chi connectivity index (χ2n) is 4.41. The van der Waals surface area contributed by atoms with Crippen LogP contribution in [0.3, 0.4) is 0 Å². The first-order chi connectivity index (χ1) is 9.90. The summed E-state index contributed by atoms with van der Waals surface area (Å²) < 4.78 is 0.493. The Morgan fingerprint density at radius 1 is 1.19 bits per heavy atom. The Kier molecular flexibility index (Phi) is 4.32. The van der Waals surface area contributed by atoms with E-state index in [1.54, 1.807) is 32.0 Å². The van der Waals surface area contributed by atoms with Gasteiger partial charge in [-0.15, -0.1) is 0 Å². The van der Waals surface area contributed by atoms with Crippen LogP contribution in [0.4, 0.5) is 5.69 Å². The zero-order chi connectivity index (χ0) is 15.6. The number of rotatable bonds is 3. The van der Waals surface area contributed by atoms with Crippen LogP contribution in [-0.2, 0) is 0 Å². The maximum absolute atomic E-state index is 12.3. The Bertz CT molecular complexity index is 731. The smallest absolute Gasteiger partial charge is 0.337 e. The Hall–Kier alpha value is -2.28. The summed E-state index contributed by atoms with van der Waals surface area (Å²) in [5, 5.41) is 19.5. The molecular formula is C14H12BrN3O3. The number of halogens is 1. The normalized spacial score (nSPS) is 10.2. The fourth-order valence-corrected chi connectivity index (χ4v) is 2.26. The highest BCUT2D eigenvalue weighted by Crippen LogP contribution is 2.27. The Labute approximate surface area is 129 Å². The van der Waals surface area contributed by atoms with Crippen molar-refractivity contribution in [2.75, 3.05) is 5.32 Å². The molecule has 0 aliphatic rings. The van der Waals surface area contributed by atoms with Gasteiger partial charge in [0, 0.05) is 4.47 Å². The summed E-state index contributed by atoms with van der Waals surface area (Å²) >= 11 is 3.24. The lowest BCUT2D eigenvalue weighted by Gasteiger charge is -2.11. The largest absolute Gasteiger partial charge is 0.478 e. The Morgan fingerprint density at radius 3 is 2.57 bits per heavy atom. The molecule has 0 saturated carbocycles. The van der Waals surface area contributed by atoms with E-state index in [2.05, 4.69) is 31.4 Å². The summed E-state index contributed by atoms with van der Waals surface area (Å²) in [5.74, 6) is -1.55. The van der Waals surface area contributed by atoms with Crippen molar-refractivity contribution in [1.82, 2.24) is 10.2 Å². The third-order valence-electron chi connectivity index (χ3n) is 2.83. The average molecular weight is 350 g/mol. The number of carbonyl (C=O) groups excluding carboxylic acids is 1. The van der Waals surface area contributed by atoms with Crippen molar-refractivity contribution >= 4 is 33.5 Å². The number of hydrogen-bond donors (Lipinski definition) is 2. The predicted molar refractivity (Wildman–Crippen MR) is 80.6 cm³/mol. The molecule has 0 aliphatic carbocycles. The van der Waals surface area contributed by atoms with Crippen molar-refractivity contribution in [1.29, 1.82) is 0 Å². The number of nitrogens with one attached hydrogen (secondary N) is 1. The van der Waals surface area contributed by atoms with Gasteiger partial charge < -0.3 is 10.4 Å². The highest BCUT2D eigenvalue weighted by Gasteiger charge is 2.18. The van der Waals surface area contributed by atoms with Crippen molar-refractivity contribution in [2.45, 2.75) is 13.8 Å². The van der Waals surface area contributed by atoms with Gasteiger partial charge in [-0.05, 0) is 48.0 Å². The third-order valence-corrected chi connectivity index (χ3v) is 3.49. The fraction of sp³-hybridized carbons (Fsp3) is 0.143. The Balaban J connectivity index is 2.41. The van der Waals surface area contributed by atoms with Crippen molar-refractivity contribution in [3.8, 4) is 0 Å². The van der Waals surface area contributed by atoms with Gasteiger partial charge in [-0.3, -0.25) is 4.79 Å². The number of carbonyl (C=O) groups is 2. The molecule has 21 heavy (non-hydrogen) atoms. The van der Waals surface area contributed by atoms with Crippen molar-refractivity contribution in [3.05, 3.63) is 51.3 Å². The molecule has 1 heterocycles. The van der Waals surface area contributed by atoms with Crippen LogP contribution in [0.2, 0.25) is 0 Å². The molecule has 0 saturated heterocycles. The molecule has 0 radical (unpaired) electrons. The zero-order valence-corrected chi connectivity index (χ0v) is 12.9. The number of amides is 1. The molecule has 7 heteroatoms. The highest BCUT2D eigenvalue weighted by molar-refractivity contribution is 9.10. The van der Waals surface area contributed by atoms with Crippen LogP contribution in [0, 0.1) is 13.8 Å². The molecule has 1 aromatic carbocycles. The molecule has 0 fully saturated rings. The number of aryl methyl sites for hydroxylation is 2. The topological polar surface area (TPSA) is 92.2 Å². The van der Waals surface area contributed by atoms with Gasteiger partial charge in [-0.2, -0.15) is 10.2 Å². The summed E-state index contributed by atoms with van der Waals surface area (Å²) in [6.45, 7) is 3.39. The van der Waals surface area contributed by atoms with Gasteiger partial charge in [-0.1, -0.05) is 6.07 Å². The number of para-hydroxylation sites is 1. The number of carboxylic acid groups (broad SMARTS) is 1. The minimum absolute atomic E-state index is 0.00844. The van der Waals surface area contributed by atoms with Gasteiger partial charge in [0.1, 0.15) is 0 Å². The summed E-state index contributed by atoms with van der Waals surface area (Å²) in [4.78, 5) is 23.5. The van der Waals surface area contributed by atoms with Gasteiger partial charge in [-0.25, -0.2) is 4.79 Å². The van der Waals surface area contributed by atoms with Crippen LogP contribution in [0.1, 0.15) is 32.1 Å². The molecule has 0 bridgehead atoms. The molecule has 1 aromatic heterocycles. The number of carboxylic acids is 1. The number of aromatic nitrogens is 2. The van der Waals surface area contributed by atoms with Gasteiger partial charge in [0.25, 0.3) is 5.91 Å². The minimum atomic E-state index is -1.12. The molecule has 108 valence electrons. The average Bonchev–Trinajstić information content (AvgIpc) is 2.43. The number of nitrogens with zero attached hydrogens (tertiary/aromatic N) is 2. The van der Waals surface area contributed by atoms with Crippen molar-refractivity contribution < 1.29 is 14.7 Å². The first-order valence-corrected chi connectivity index (χ1v) is 6.83. The van der Waals surface area contributed by atoms with E-state index in [-0.39, 0.29) is 11.3 Å². The molecule has 2 aromatic rings. The Morgan fingerprint density at radius 2 is 1.90 bits per heavy atom. The van der Waals surface area contributed by atoms with E-state index < -0.39 is 11.9 Å². The van der Waals surface area contributed by atoms with Gasteiger partial charge in [0.05, 0.1) is 28.2 Å². The summed E-state index contributed by atoms with van der Waals surface area (Å²) in [7, 11) is 0. The van der Waals surface area contributed by atoms with E-state index >= 15 is 0 Å². The molecular weight excluding hydrogens is 338 g/mol. The van der Waals surface area contributed by atoms with Crippen LogP contribution >= 0.6 is 15.9 Å². The standard InChI is InChI=1S/C14H12BrN3O3/c1-7-6-10(8(2)18-17-7)13(19)16-12-9(14(20)21)4-3-5-11(12)15/h3-6H,1-2H3,(H,16,19)(H,20,21). The first-order valence-electron chi connectivity index (χ1n) is 6.04. The summed E-state index contributed by atoms with van der Waals surface area (Å²) in [6, 6.07) is 6.28. The van der Waals surface area contributed by atoms with E-state index in [1.807, 2.05) is 0 Å². The predicted octanol–water partition coefficient (Wildman–Crippen LogP) is 2.81. The molecule has 2 rings (SSSR count).